The zero-order chi connectivity index (χ0) is 14.4. The van der Waals surface area contributed by atoms with E-state index in [1.165, 1.54) is 6.07 Å². The zero-order valence-electron chi connectivity index (χ0n) is 9.75. The van der Waals surface area contributed by atoms with Crippen molar-refractivity contribution in [3.63, 3.8) is 0 Å². The molecule has 20 heavy (non-hydrogen) atoms. The fourth-order valence-corrected chi connectivity index (χ4v) is 2.33. The monoisotopic (exact) mass is 311 g/mol. The molecule has 0 radical (unpaired) electrons. The predicted molar refractivity (Wildman–Crippen MR) is 77.2 cm³/mol. The highest BCUT2D eigenvalue weighted by atomic mass is 35.5. The molecular weight excluding hydrogens is 305 g/mol. The van der Waals surface area contributed by atoms with Crippen LogP contribution in [0.3, 0.4) is 0 Å². The number of nitrogens with two attached hydrogens (primary N) is 1. The molecule has 102 valence electrons. The van der Waals surface area contributed by atoms with Gasteiger partial charge in [0.05, 0.1) is 10.7 Å². The van der Waals surface area contributed by atoms with Gasteiger partial charge in [0.15, 0.2) is 5.65 Å². The minimum Gasteiger partial charge on any atom is -0.397 e. The van der Waals surface area contributed by atoms with E-state index in [1.54, 1.807) is 6.07 Å². The van der Waals surface area contributed by atoms with E-state index in [-0.39, 0.29) is 27.7 Å². The summed E-state index contributed by atoms with van der Waals surface area (Å²) in [6.45, 7) is 0. The van der Waals surface area contributed by atoms with Gasteiger partial charge in [-0.15, -0.1) is 0 Å². The van der Waals surface area contributed by atoms with Crippen molar-refractivity contribution in [2.75, 3.05) is 5.73 Å². The Hall–Kier alpha value is -2.25. The number of fused-ring (bicyclic) bond motifs is 1. The Morgan fingerprint density at radius 2 is 1.85 bits per heavy atom. The summed E-state index contributed by atoms with van der Waals surface area (Å²) in [5.41, 5.74) is 5.63. The molecule has 0 atom stereocenters. The van der Waals surface area contributed by atoms with Gasteiger partial charge >= 0.3 is 5.69 Å². The Labute approximate surface area is 120 Å². The number of nitrogens with one attached hydrogen (secondary N) is 3. The van der Waals surface area contributed by atoms with Gasteiger partial charge in [-0.2, -0.15) is 0 Å². The lowest BCUT2D eigenvalue weighted by atomic mass is 10.1. The van der Waals surface area contributed by atoms with Crippen LogP contribution in [0, 0.1) is 0 Å². The fraction of sp³-hybridized carbons (Fsp3) is 0. The second-order valence-corrected chi connectivity index (χ2v) is 4.91. The highest BCUT2D eigenvalue weighted by molar-refractivity contribution is 6.37. The van der Waals surface area contributed by atoms with E-state index >= 15 is 0 Å². The summed E-state index contributed by atoms with van der Waals surface area (Å²) < 4.78 is 0. The Bertz CT molecular complexity index is 940. The summed E-state index contributed by atoms with van der Waals surface area (Å²) in [5.74, 6) is 0.286. The SMILES string of the molecule is Nc1c(Cl)cc(Cl)cc1-c1nc2[nH]c(=O)[nH]c(=O)c2[nH]1. The van der Waals surface area contributed by atoms with Gasteiger partial charge in [-0.3, -0.25) is 14.8 Å². The number of rotatable bonds is 1. The highest BCUT2D eigenvalue weighted by Crippen LogP contribution is 2.33. The van der Waals surface area contributed by atoms with E-state index in [0.717, 1.165) is 0 Å². The van der Waals surface area contributed by atoms with Crippen molar-refractivity contribution in [3.05, 3.63) is 43.0 Å². The lowest BCUT2D eigenvalue weighted by Gasteiger charge is -2.05. The van der Waals surface area contributed by atoms with Gasteiger partial charge in [-0.1, -0.05) is 23.2 Å². The van der Waals surface area contributed by atoms with Crippen molar-refractivity contribution in [3.8, 4) is 11.4 Å². The van der Waals surface area contributed by atoms with Crippen LogP contribution in [0.2, 0.25) is 10.0 Å². The van der Waals surface area contributed by atoms with Crippen LogP contribution in [-0.2, 0) is 0 Å². The first-order valence-corrected chi connectivity index (χ1v) is 6.18. The van der Waals surface area contributed by atoms with Crippen molar-refractivity contribution < 1.29 is 0 Å². The molecule has 0 amide bonds. The number of nitrogen functional groups attached to an aromatic ring is 1. The second kappa shape index (κ2) is 4.39. The molecule has 1 aromatic carbocycles. The molecule has 0 saturated carbocycles. The maximum absolute atomic E-state index is 11.6. The van der Waals surface area contributed by atoms with E-state index < -0.39 is 11.2 Å². The second-order valence-electron chi connectivity index (χ2n) is 4.07. The molecule has 0 saturated heterocycles. The molecule has 3 rings (SSSR count). The van der Waals surface area contributed by atoms with Crippen LogP contribution < -0.4 is 17.0 Å². The van der Waals surface area contributed by atoms with Gasteiger partial charge in [-0.05, 0) is 12.1 Å². The molecule has 0 bridgehead atoms. The number of H-pyrrole nitrogens is 3. The number of anilines is 1. The number of hydrogen-bond acceptors (Lipinski definition) is 4. The first-order valence-electron chi connectivity index (χ1n) is 5.43. The largest absolute Gasteiger partial charge is 0.397 e. The maximum atomic E-state index is 11.6. The van der Waals surface area contributed by atoms with Crippen molar-refractivity contribution in [1.82, 2.24) is 19.9 Å². The molecule has 0 unspecified atom stereocenters. The van der Waals surface area contributed by atoms with E-state index in [0.29, 0.717) is 10.6 Å². The molecule has 0 aliphatic heterocycles. The van der Waals surface area contributed by atoms with Crippen LogP contribution in [0.4, 0.5) is 5.69 Å². The number of benzene rings is 1. The van der Waals surface area contributed by atoms with Crippen LogP contribution in [0.1, 0.15) is 0 Å². The van der Waals surface area contributed by atoms with Crippen LogP contribution >= 0.6 is 23.2 Å². The summed E-state index contributed by atoms with van der Waals surface area (Å²) in [4.78, 5) is 34.2. The Kier molecular flexibility index (Phi) is 2.81. The zero-order valence-corrected chi connectivity index (χ0v) is 11.3. The van der Waals surface area contributed by atoms with Crippen molar-refractivity contribution >= 4 is 40.1 Å². The van der Waals surface area contributed by atoms with E-state index in [4.69, 9.17) is 28.9 Å². The van der Waals surface area contributed by atoms with Gasteiger partial charge in [0.25, 0.3) is 5.56 Å². The third-order valence-electron chi connectivity index (χ3n) is 2.74. The fourth-order valence-electron chi connectivity index (χ4n) is 1.84. The topological polar surface area (TPSA) is 120 Å². The van der Waals surface area contributed by atoms with Gasteiger partial charge in [-0.25, -0.2) is 9.78 Å². The molecule has 7 nitrogen and oxygen atoms in total. The number of aromatic nitrogens is 4. The molecular formula is C11H7Cl2N5O2. The minimum absolute atomic E-state index is 0.129. The average molecular weight is 312 g/mol. The van der Waals surface area contributed by atoms with Gasteiger partial charge < -0.3 is 10.7 Å². The van der Waals surface area contributed by atoms with Crippen molar-refractivity contribution in [1.29, 1.82) is 0 Å². The maximum Gasteiger partial charge on any atom is 0.327 e. The van der Waals surface area contributed by atoms with Crippen LogP contribution in [0.5, 0.6) is 0 Å². The Morgan fingerprint density at radius 1 is 1.10 bits per heavy atom. The number of halogens is 2. The first kappa shape index (κ1) is 12.8. The molecule has 0 aliphatic carbocycles. The highest BCUT2D eigenvalue weighted by Gasteiger charge is 2.14. The summed E-state index contributed by atoms with van der Waals surface area (Å²) in [7, 11) is 0. The molecule has 3 aromatic rings. The Balaban J connectivity index is 2.34. The minimum atomic E-state index is -0.641. The molecule has 0 spiro atoms. The van der Waals surface area contributed by atoms with Crippen molar-refractivity contribution in [2.24, 2.45) is 0 Å². The summed E-state index contributed by atoms with van der Waals surface area (Å²) in [6.07, 6.45) is 0. The molecule has 5 N–H and O–H groups in total. The quantitative estimate of drug-likeness (QED) is 0.509. The van der Waals surface area contributed by atoms with Gasteiger partial charge in [0, 0.05) is 10.6 Å². The summed E-state index contributed by atoms with van der Waals surface area (Å²) in [6, 6.07) is 3.06. The molecule has 9 heteroatoms. The van der Waals surface area contributed by atoms with E-state index in [2.05, 4.69) is 19.9 Å². The summed E-state index contributed by atoms with van der Waals surface area (Å²) >= 11 is 11.9. The van der Waals surface area contributed by atoms with Gasteiger partial charge in [0.2, 0.25) is 0 Å². The van der Waals surface area contributed by atoms with E-state index in [1.807, 2.05) is 0 Å². The number of nitrogens with zero attached hydrogens (tertiary/aromatic N) is 1. The first-order chi connectivity index (χ1) is 9.45. The number of imidazole rings is 1. The lowest BCUT2D eigenvalue weighted by Crippen LogP contribution is -2.21. The van der Waals surface area contributed by atoms with Gasteiger partial charge in [0.1, 0.15) is 11.3 Å². The molecule has 0 aliphatic rings. The Morgan fingerprint density at radius 3 is 2.60 bits per heavy atom. The summed E-state index contributed by atoms with van der Waals surface area (Å²) in [5, 5.41) is 0.650. The standard InChI is InChI=1S/C11H7Cl2N5O2/c12-3-1-4(6(14)5(13)2-3)8-15-7-9(16-8)17-11(20)18-10(7)19/h1-2H,14H2,(H3,15,16,17,18,19,20). The van der Waals surface area contributed by atoms with Crippen LogP contribution in [0.15, 0.2) is 21.7 Å². The third-order valence-corrected chi connectivity index (χ3v) is 3.27. The predicted octanol–water partition coefficient (Wildman–Crippen LogP) is 1.50. The third kappa shape index (κ3) is 1.97. The molecule has 2 aromatic heterocycles. The van der Waals surface area contributed by atoms with Crippen LogP contribution in [0.25, 0.3) is 22.6 Å². The normalized spacial score (nSPS) is 11.1. The lowest BCUT2D eigenvalue weighted by molar-refractivity contribution is 1.07. The molecule has 2 heterocycles. The smallest absolute Gasteiger partial charge is 0.327 e. The average Bonchev–Trinajstić information content (AvgIpc) is 2.77. The number of aromatic amines is 3. The van der Waals surface area contributed by atoms with Crippen LogP contribution in [-0.4, -0.2) is 19.9 Å². The van der Waals surface area contributed by atoms with E-state index in [9.17, 15) is 9.59 Å². The van der Waals surface area contributed by atoms with Crippen molar-refractivity contribution in [2.45, 2.75) is 0 Å². The molecule has 0 fully saturated rings. The number of hydrogen-bond donors (Lipinski definition) is 4.